The number of benzene rings is 1. The molecule has 0 radical (unpaired) electrons. The lowest BCUT2D eigenvalue weighted by molar-refractivity contribution is -0.141. The average Bonchev–Trinajstić information content (AvgIpc) is 2.69. The lowest BCUT2D eigenvalue weighted by Crippen LogP contribution is -2.17. The van der Waals surface area contributed by atoms with Gasteiger partial charge in [-0.2, -0.15) is 18.3 Å². The molecule has 2 aromatic rings. The second-order valence-electron chi connectivity index (χ2n) is 4.89. The molecule has 0 saturated carbocycles. The Kier molecular flexibility index (Phi) is 3.76. The molecule has 0 bridgehead atoms. The van der Waals surface area contributed by atoms with Crippen molar-refractivity contribution in [3.8, 4) is 0 Å². The van der Waals surface area contributed by atoms with Gasteiger partial charge in [0.15, 0.2) is 5.69 Å². The van der Waals surface area contributed by atoms with Gasteiger partial charge >= 0.3 is 6.18 Å². The van der Waals surface area contributed by atoms with Crippen LogP contribution in [0, 0.1) is 13.8 Å². The van der Waals surface area contributed by atoms with Crippen LogP contribution in [0.15, 0.2) is 24.4 Å². The van der Waals surface area contributed by atoms with Crippen LogP contribution in [0.3, 0.4) is 0 Å². The molecule has 1 amide bonds. The number of carbonyl (C=O) groups excluding carboxylic acids is 1. The summed E-state index contributed by atoms with van der Waals surface area (Å²) in [5, 5.41) is 5.78. The van der Waals surface area contributed by atoms with Crippen LogP contribution in [-0.4, -0.2) is 15.7 Å². The lowest BCUT2D eigenvalue weighted by atomic mass is 10.1. The van der Waals surface area contributed by atoms with Crippen LogP contribution in [0.4, 0.5) is 18.9 Å². The molecule has 4 nitrogen and oxygen atoms in total. The van der Waals surface area contributed by atoms with Crippen molar-refractivity contribution in [2.75, 3.05) is 5.32 Å². The zero-order valence-corrected chi connectivity index (χ0v) is 11.7. The van der Waals surface area contributed by atoms with Gasteiger partial charge in [0.05, 0.1) is 5.56 Å². The van der Waals surface area contributed by atoms with Crippen LogP contribution < -0.4 is 5.32 Å². The Labute approximate surface area is 119 Å². The minimum Gasteiger partial charge on any atom is -0.322 e. The van der Waals surface area contributed by atoms with E-state index in [9.17, 15) is 18.0 Å². The summed E-state index contributed by atoms with van der Waals surface area (Å²) in [7, 11) is 1.34. The van der Waals surface area contributed by atoms with Crippen molar-refractivity contribution in [2.24, 2.45) is 7.05 Å². The number of aryl methyl sites for hydroxylation is 3. The third-order valence-corrected chi connectivity index (χ3v) is 2.82. The van der Waals surface area contributed by atoms with Crippen molar-refractivity contribution in [1.29, 1.82) is 0 Å². The Hall–Kier alpha value is -2.31. The van der Waals surface area contributed by atoms with Crippen molar-refractivity contribution in [3.05, 3.63) is 46.8 Å². The Balaban J connectivity index is 2.33. The van der Waals surface area contributed by atoms with E-state index in [1.54, 1.807) is 12.1 Å². The predicted molar refractivity (Wildman–Crippen MR) is 72.1 cm³/mol. The van der Waals surface area contributed by atoms with Gasteiger partial charge in [0, 0.05) is 18.9 Å². The zero-order valence-electron chi connectivity index (χ0n) is 11.7. The normalized spacial score (nSPS) is 11.5. The van der Waals surface area contributed by atoms with Crippen LogP contribution >= 0.6 is 0 Å². The number of hydrogen-bond donors (Lipinski definition) is 1. The van der Waals surface area contributed by atoms with E-state index < -0.39 is 23.3 Å². The molecule has 0 aliphatic rings. The second-order valence-corrected chi connectivity index (χ2v) is 4.89. The standard InChI is InChI=1S/C14H14F3N3O/c1-8-4-9(2)6-10(5-8)18-13(21)11-7-20(3)19-12(11)14(15,16)17/h4-7H,1-3H3,(H,18,21). The first-order valence-corrected chi connectivity index (χ1v) is 6.17. The Morgan fingerprint density at radius 1 is 1.19 bits per heavy atom. The van der Waals surface area contributed by atoms with Gasteiger partial charge < -0.3 is 5.32 Å². The van der Waals surface area contributed by atoms with Crippen molar-refractivity contribution >= 4 is 11.6 Å². The van der Waals surface area contributed by atoms with Crippen LogP contribution in [0.5, 0.6) is 0 Å². The van der Waals surface area contributed by atoms with Crippen molar-refractivity contribution in [3.63, 3.8) is 0 Å². The number of nitrogens with one attached hydrogen (secondary N) is 1. The van der Waals surface area contributed by atoms with E-state index in [2.05, 4.69) is 10.4 Å². The Morgan fingerprint density at radius 2 is 1.76 bits per heavy atom. The molecule has 0 aliphatic heterocycles. The van der Waals surface area contributed by atoms with Crippen LogP contribution in [0.1, 0.15) is 27.2 Å². The SMILES string of the molecule is Cc1cc(C)cc(NC(=O)c2cn(C)nc2C(F)(F)F)c1. The van der Waals surface area contributed by atoms with Crippen molar-refractivity contribution < 1.29 is 18.0 Å². The fourth-order valence-corrected chi connectivity index (χ4v) is 2.11. The van der Waals surface area contributed by atoms with E-state index in [1.807, 2.05) is 19.9 Å². The zero-order chi connectivity index (χ0) is 15.8. The van der Waals surface area contributed by atoms with Gasteiger partial charge in [-0.3, -0.25) is 9.48 Å². The molecule has 1 heterocycles. The van der Waals surface area contributed by atoms with E-state index >= 15 is 0 Å². The molecule has 7 heteroatoms. The fourth-order valence-electron chi connectivity index (χ4n) is 2.11. The van der Waals surface area contributed by atoms with Crippen LogP contribution in [0.2, 0.25) is 0 Å². The number of hydrogen-bond acceptors (Lipinski definition) is 2. The van der Waals surface area contributed by atoms with E-state index in [-0.39, 0.29) is 0 Å². The molecular formula is C14H14F3N3O. The molecule has 0 saturated heterocycles. The highest BCUT2D eigenvalue weighted by Crippen LogP contribution is 2.31. The molecule has 0 spiro atoms. The molecule has 1 aromatic carbocycles. The average molecular weight is 297 g/mol. The number of halogens is 3. The molecular weight excluding hydrogens is 283 g/mol. The first-order valence-electron chi connectivity index (χ1n) is 6.17. The van der Waals surface area contributed by atoms with Gasteiger partial charge in [-0.25, -0.2) is 0 Å². The summed E-state index contributed by atoms with van der Waals surface area (Å²) in [6.45, 7) is 3.68. The molecule has 0 atom stereocenters. The Morgan fingerprint density at radius 3 is 2.29 bits per heavy atom. The first-order chi connectivity index (χ1) is 9.66. The number of amides is 1. The van der Waals surface area contributed by atoms with Gasteiger partial charge in [-0.05, 0) is 37.1 Å². The van der Waals surface area contributed by atoms with Crippen molar-refractivity contribution in [2.45, 2.75) is 20.0 Å². The fraction of sp³-hybridized carbons (Fsp3) is 0.286. The molecule has 1 N–H and O–H groups in total. The Bertz CT molecular complexity index is 669. The smallest absolute Gasteiger partial charge is 0.322 e. The molecule has 112 valence electrons. The second kappa shape index (κ2) is 5.23. The number of aromatic nitrogens is 2. The van der Waals surface area contributed by atoms with Gasteiger partial charge in [-0.15, -0.1) is 0 Å². The van der Waals surface area contributed by atoms with E-state index in [1.165, 1.54) is 7.05 Å². The summed E-state index contributed by atoms with van der Waals surface area (Å²) in [4.78, 5) is 12.1. The molecule has 0 fully saturated rings. The molecule has 0 unspecified atom stereocenters. The van der Waals surface area contributed by atoms with E-state index in [0.717, 1.165) is 22.0 Å². The maximum Gasteiger partial charge on any atom is 0.435 e. The maximum atomic E-state index is 12.8. The third kappa shape index (κ3) is 3.42. The summed E-state index contributed by atoms with van der Waals surface area (Å²) in [5.74, 6) is -0.833. The van der Waals surface area contributed by atoms with Gasteiger partial charge in [0.1, 0.15) is 0 Å². The molecule has 0 aliphatic carbocycles. The third-order valence-electron chi connectivity index (χ3n) is 2.82. The van der Waals surface area contributed by atoms with Crippen molar-refractivity contribution in [1.82, 2.24) is 9.78 Å². The summed E-state index contributed by atoms with van der Waals surface area (Å²) >= 11 is 0. The predicted octanol–water partition coefficient (Wildman–Crippen LogP) is 3.31. The molecule has 21 heavy (non-hydrogen) atoms. The summed E-state index contributed by atoms with van der Waals surface area (Å²) in [5.41, 5.74) is 0.588. The minimum atomic E-state index is -4.67. The molecule has 2 rings (SSSR count). The van der Waals surface area contributed by atoms with Gasteiger partial charge in [0.2, 0.25) is 0 Å². The lowest BCUT2D eigenvalue weighted by Gasteiger charge is -2.09. The monoisotopic (exact) mass is 297 g/mol. The quantitative estimate of drug-likeness (QED) is 0.924. The first kappa shape index (κ1) is 15.1. The maximum absolute atomic E-state index is 12.8. The number of alkyl halides is 3. The number of carbonyl (C=O) groups is 1. The van der Waals surface area contributed by atoms with Gasteiger partial charge in [-0.1, -0.05) is 6.07 Å². The number of nitrogens with zero attached hydrogens (tertiary/aromatic N) is 2. The number of anilines is 1. The summed E-state index contributed by atoms with van der Waals surface area (Å²) in [6.07, 6.45) is -3.61. The van der Waals surface area contributed by atoms with E-state index in [4.69, 9.17) is 0 Å². The summed E-state index contributed by atoms with van der Waals surface area (Å²) in [6, 6.07) is 5.28. The molecule has 1 aromatic heterocycles. The topological polar surface area (TPSA) is 46.9 Å². The summed E-state index contributed by atoms with van der Waals surface area (Å²) < 4.78 is 39.5. The van der Waals surface area contributed by atoms with E-state index in [0.29, 0.717) is 5.69 Å². The van der Waals surface area contributed by atoms with Crippen LogP contribution in [-0.2, 0) is 13.2 Å². The highest BCUT2D eigenvalue weighted by molar-refractivity contribution is 6.05. The van der Waals surface area contributed by atoms with Crippen LogP contribution in [0.25, 0.3) is 0 Å². The van der Waals surface area contributed by atoms with Gasteiger partial charge in [0.25, 0.3) is 5.91 Å². The highest BCUT2D eigenvalue weighted by atomic mass is 19.4. The largest absolute Gasteiger partial charge is 0.435 e. The number of rotatable bonds is 2. The minimum absolute atomic E-state index is 0.453. The highest BCUT2D eigenvalue weighted by Gasteiger charge is 2.38.